The van der Waals surface area contributed by atoms with Crippen LogP contribution in [0.15, 0.2) is 206 Å². The maximum Gasteiger partial charge on any atom is 0.137 e. The molecule has 10 aromatic rings. The van der Waals surface area contributed by atoms with Gasteiger partial charge < -0.3 is 19.1 Å². The van der Waals surface area contributed by atoms with Gasteiger partial charge in [-0.2, -0.15) is 0 Å². The molecule has 12 rings (SSSR count). The molecule has 0 fully saturated rings. The summed E-state index contributed by atoms with van der Waals surface area (Å²) in [5, 5.41) is 2.47. The Kier molecular flexibility index (Phi) is 8.70. The molecule has 0 atom stereocenters. The first-order valence-corrected chi connectivity index (χ1v) is 22.0. The molecule has 0 saturated heterocycles. The van der Waals surface area contributed by atoms with Crippen molar-refractivity contribution >= 4 is 61.7 Å². The standard InChI is InChI=1S/C58H45N5O/c1-58(2,3)39-33-34-59-56(35-39)63-51-27-12-9-23-46(51)44-21-7-8-22-45(44)48-32-31-43(37-55(48)63)64-42-20-15-19-41(36-42)60-38-61(53-29-14-13-28-52(53)60)54-30-16-25-49-47-24-10-11-26-50(47)62(57(49)54)40-17-5-4-6-18-40/h4-37H,38H2,1-3H3. The lowest BCUT2D eigenvalue weighted by atomic mass is 9.87. The number of fused-ring (bicyclic) bond motifs is 9. The van der Waals surface area contributed by atoms with E-state index in [2.05, 4.69) is 234 Å². The topological polar surface area (TPSA) is 36.8 Å². The van der Waals surface area contributed by atoms with Gasteiger partial charge in [-0.15, -0.1) is 0 Å². The average molecular weight is 828 g/mol. The second kappa shape index (κ2) is 14.8. The maximum absolute atomic E-state index is 6.89. The highest BCUT2D eigenvalue weighted by molar-refractivity contribution is 6.14. The first-order chi connectivity index (χ1) is 31.4. The van der Waals surface area contributed by atoms with Crippen LogP contribution < -0.4 is 19.4 Å². The van der Waals surface area contributed by atoms with Crippen molar-refractivity contribution in [3.8, 4) is 39.4 Å². The van der Waals surface area contributed by atoms with Gasteiger partial charge >= 0.3 is 0 Å². The zero-order valence-electron chi connectivity index (χ0n) is 36.0. The van der Waals surface area contributed by atoms with Gasteiger partial charge in [-0.3, -0.25) is 4.90 Å². The minimum atomic E-state index is -0.0484. The Balaban J connectivity index is 0.939. The quantitative estimate of drug-likeness (QED) is 0.167. The summed E-state index contributed by atoms with van der Waals surface area (Å²) in [4.78, 5) is 12.2. The molecule has 4 heterocycles. The van der Waals surface area contributed by atoms with E-state index in [0.29, 0.717) is 6.67 Å². The van der Waals surface area contributed by atoms with Crippen LogP contribution in [0.4, 0.5) is 39.9 Å². The van der Waals surface area contributed by atoms with Crippen LogP contribution in [0.1, 0.15) is 26.3 Å². The Labute approximate surface area is 373 Å². The summed E-state index contributed by atoms with van der Waals surface area (Å²) in [6.07, 6.45) is 1.93. The number of aromatic nitrogens is 2. The van der Waals surface area contributed by atoms with Gasteiger partial charge in [-0.05, 0) is 101 Å². The number of pyridine rings is 1. The number of nitrogens with zero attached hydrogens (tertiary/aromatic N) is 5. The SMILES string of the molecule is CC(C)(C)c1ccnc(N2c3ccccc3-c3ccccc3-c3ccc(Oc4cccc(N5CN(c6cccc7c8ccccc8n(-c8ccccc8)c67)c6ccccc65)c4)cc32)c1. The number of anilines is 7. The largest absolute Gasteiger partial charge is 0.457 e. The molecule has 0 saturated carbocycles. The second-order valence-corrected chi connectivity index (χ2v) is 17.7. The first-order valence-electron chi connectivity index (χ1n) is 22.0. The van der Waals surface area contributed by atoms with Crippen LogP contribution in [-0.4, -0.2) is 16.2 Å². The van der Waals surface area contributed by atoms with E-state index in [1.807, 2.05) is 12.3 Å². The Morgan fingerprint density at radius 3 is 1.86 bits per heavy atom. The molecule has 0 N–H and O–H groups in total. The summed E-state index contributed by atoms with van der Waals surface area (Å²) in [6, 6.07) is 71.4. The van der Waals surface area contributed by atoms with Gasteiger partial charge in [-0.25, -0.2) is 4.98 Å². The fraction of sp³-hybridized carbons (Fsp3) is 0.0862. The van der Waals surface area contributed by atoms with E-state index in [9.17, 15) is 0 Å². The number of hydrogen-bond acceptors (Lipinski definition) is 5. The number of hydrogen-bond donors (Lipinski definition) is 0. The van der Waals surface area contributed by atoms with Crippen LogP contribution in [0.2, 0.25) is 0 Å². The normalized spacial score (nSPS) is 13.1. The molecule has 64 heavy (non-hydrogen) atoms. The van der Waals surface area contributed by atoms with Crippen LogP contribution in [0.25, 0.3) is 49.7 Å². The van der Waals surface area contributed by atoms with E-state index in [1.165, 1.54) is 38.5 Å². The molecule has 2 aromatic heterocycles. The van der Waals surface area contributed by atoms with Crippen molar-refractivity contribution in [1.82, 2.24) is 9.55 Å². The van der Waals surface area contributed by atoms with E-state index in [4.69, 9.17) is 9.72 Å². The number of para-hydroxylation sites is 6. The molecule has 0 bridgehead atoms. The Morgan fingerprint density at radius 1 is 0.453 bits per heavy atom. The summed E-state index contributed by atoms with van der Waals surface area (Å²) in [6.45, 7) is 7.37. The molecule has 8 aromatic carbocycles. The lowest BCUT2D eigenvalue weighted by Crippen LogP contribution is -2.24. The van der Waals surface area contributed by atoms with Crippen LogP contribution in [0.3, 0.4) is 0 Å². The third kappa shape index (κ3) is 6.13. The van der Waals surface area contributed by atoms with Crippen LogP contribution in [0.5, 0.6) is 11.5 Å². The number of rotatable bonds is 6. The number of benzene rings is 8. The maximum atomic E-state index is 6.89. The molecule has 6 heteroatoms. The minimum absolute atomic E-state index is 0.0484. The molecule has 0 amide bonds. The zero-order chi connectivity index (χ0) is 42.9. The van der Waals surface area contributed by atoms with Crippen molar-refractivity contribution < 1.29 is 4.74 Å². The van der Waals surface area contributed by atoms with Gasteiger partial charge in [0.05, 0.1) is 39.5 Å². The number of ether oxygens (including phenoxy) is 1. The van der Waals surface area contributed by atoms with Crippen LogP contribution in [-0.2, 0) is 5.41 Å². The van der Waals surface area contributed by atoms with Crippen LogP contribution in [0, 0.1) is 0 Å². The second-order valence-electron chi connectivity index (χ2n) is 17.7. The predicted octanol–water partition coefficient (Wildman–Crippen LogP) is 15.6. The summed E-state index contributed by atoms with van der Waals surface area (Å²) in [7, 11) is 0. The monoisotopic (exact) mass is 827 g/mol. The molecule has 0 unspecified atom stereocenters. The summed E-state index contributed by atoms with van der Waals surface area (Å²) in [5.74, 6) is 2.37. The Morgan fingerprint density at radius 2 is 1.06 bits per heavy atom. The highest BCUT2D eigenvalue weighted by Crippen LogP contribution is 2.52. The van der Waals surface area contributed by atoms with Gasteiger partial charge in [0.2, 0.25) is 0 Å². The van der Waals surface area contributed by atoms with Crippen molar-refractivity contribution in [2.24, 2.45) is 0 Å². The summed E-state index contributed by atoms with van der Waals surface area (Å²) in [5.41, 5.74) is 15.9. The Bertz CT molecular complexity index is 3420. The fourth-order valence-corrected chi connectivity index (χ4v) is 9.78. The van der Waals surface area contributed by atoms with Crippen molar-refractivity contribution in [3.05, 3.63) is 212 Å². The molecule has 308 valence electrons. The minimum Gasteiger partial charge on any atom is -0.457 e. The fourth-order valence-electron chi connectivity index (χ4n) is 9.78. The van der Waals surface area contributed by atoms with E-state index < -0.39 is 0 Å². The van der Waals surface area contributed by atoms with Crippen LogP contribution >= 0.6 is 0 Å². The first kappa shape index (κ1) is 37.7. The van der Waals surface area contributed by atoms with E-state index in [1.54, 1.807) is 0 Å². The predicted molar refractivity (Wildman–Crippen MR) is 265 cm³/mol. The van der Waals surface area contributed by atoms with E-state index >= 15 is 0 Å². The third-order valence-electron chi connectivity index (χ3n) is 12.8. The van der Waals surface area contributed by atoms with Gasteiger partial charge in [-0.1, -0.05) is 130 Å². The lowest BCUT2D eigenvalue weighted by Gasteiger charge is -2.28. The molecular formula is C58H45N5O. The van der Waals surface area contributed by atoms with Gasteiger partial charge in [0, 0.05) is 51.6 Å². The van der Waals surface area contributed by atoms with E-state index in [0.717, 1.165) is 68.3 Å². The van der Waals surface area contributed by atoms with Crippen molar-refractivity contribution in [1.29, 1.82) is 0 Å². The van der Waals surface area contributed by atoms with Crippen molar-refractivity contribution in [2.45, 2.75) is 26.2 Å². The van der Waals surface area contributed by atoms with E-state index in [-0.39, 0.29) is 5.41 Å². The molecule has 2 aliphatic rings. The van der Waals surface area contributed by atoms with Crippen molar-refractivity contribution in [2.75, 3.05) is 21.4 Å². The Hall–Kier alpha value is -8.09. The zero-order valence-corrected chi connectivity index (χ0v) is 36.0. The molecule has 0 aliphatic carbocycles. The lowest BCUT2D eigenvalue weighted by molar-refractivity contribution is 0.483. The highest BCUT2D eigenvalue weighted by atomic mass is 16.5. The van der Waals surface area contributed by atoms with Gasteiger partial charge in [0.1, 0.15) is 24.0 Å². The molecule has 6 nitrogen and oxygen atoms in total. The smallest absolute Gasteiger partial charge is 0.137 e. The molecular weight excluding hydrogens is 783 g/mol. The highest BCUT2D eigenvalue weighted by Gasteiger charge is 2.31. The third-order valence-corrected chi connectivity index (χ3v) is 12.8. The molecule has 0 radical (unpaired) electrons. The summed E-state index contributed by atoms with van der Waals surface area (Å²) >= 11 is 0. The van der Waals surface area contributed by atoms with Crippen molar-refractivity contribution in [3.63, 3.8) is 0 Å². The summed E-state index contributed by atoms with van der Waals surface area (Å²) < 4.78 is 9.30. The molecule has 2 aliphatic heterocycles. The average Bonchev–Trinajstić information content (AvgIpc) is 3.85. The van der Waals surface area contributed by atoms with Gasteiger partial charge in [0.15, 0.2) is 0 Å². The molecule has 0 spiro atoms. The van der Waals surface area contributed by atoms with Gasteiger partial charge in [0.25, 0.3) is 0 Å².